The Morgan fingerprint density at radius 3 is 1.96 bits per heavy atom. The molecule has 1 fully saturated rings. The molecule has 0 amide bonds. The summed E-state index contributed by atoms with van der Waals surface area (Å²) in [5.41, 5.74) is 0.374. The van der Waals surface area contributed by atoms with Gasteiger partial charge in [0.2, 0.25) is 5.75 Å². The molecule has 0 unspecified atom stereocenters. The molecule has 0 radical (unpaired) electrons. The molecule has 1 atom stereocenters. The number of hydrogen-bond acceptors (Lipinski definition) is 5. The zero-order valence-electron chi connectivity index (χ0n) is 12.9. The number of methoxy groups -OCH3 is 2. The first-order chi connectivity index (χ1) is 10.1. The highest BCUT2D eigenvalue weighted by Gasteiger charge is 2.31. The summed E-state index contributed by atoms with van der Waals surface area (Å²) < 4.78 is 37.1. The Labute approximate surface area is 146 Å². The van der Waals surface area contributed by atoms with Gasteiger partial charge in [0.25, 0.3) is 6.43 Å². The minimum atomic E-state index is -2.54. The van der Waals surface area contributed by atoms with Gasteiger partial charge in [0.15, 0.2) is 11.5 Å². The van der Waals surface area contributed by atoms with Crippen molar-refractivity contribution in [2.45, 2.75) is 12.5 Å². The van der Waals surface area contributed by atoms with E-state index in [1.54, 1.807) is 4.90 Å². The standard InChI is InChI=1S/C14H20F2N2O3.2ClH/c1-20-10-7-9(8-11(21-2)13(10)19)12(14(15)16)18-5-3-17-4-6-18;;/h7-8,12,14,17,19H,3-6H2,1-2H3;2*1H/t12-;;/m0../s1. The van der Waals surface area contributed by atoms with Crippen molar-refractivity contribution in [1.82, 2.24) is 10.2 Å². The van der Waals surface area contributed by atoms with Crippen LogP contribution >= 0.6 is 24.8 Å². The summed E-state index contributed by atoms with van der Waals surface area (Å²) in [6, 6.07) is 1.84. The molecule has 1 aliphatic heterocycles. The van der Waals surface area contributed by atoms with Gasteiger partial charge in [-0.25, -0.2) is 8.78 Å². The molecule has 0 aliphatic carbocycles. The summed E-state index contributed by atoms with van der Waals surface area (Å²) in [5, 5.41) is 13.0. The third kappa shape index (κ3) is 4.97. The first-order valence-electron chi connectivity index (χ1n) is 6.76. The molecule has 1 aliphatic rings. The van der Waals surface area contributed by atoms with Crippen LogP contribution in [0.2, 0.25) is 0 Å². The highest BCUT2D eigenvalue weighted by atomic mass is 35.5. The van der Waals surface area contributed by atoms with Crippen molar-refractivity contribution in [1.29, 1.82) is 0 Å². The van der Waals surface area contributed by atoms with Gasteiger partial charge >= 0.3 is 0 Å². The van der Waals surface area contributed by atoms with Crippen molar-refractivity contribution in [3.8, 4) is 17.2 Å². The number of rotatable bonds is 5. The lowest BCUT2D eigenvalue weighted by molar-refractivity contribution is 0.0180. The maximum Gasteiger partial charge on any atom is 0.258 e. The van der Waals surface area contributed by atoms with E-state index in [4.69, 9.17) is 9.47 Å². The summed E-state index contributed by atoms with van der Waals surface area (Å²) in [6.45, 7) is 2.44. The second-order valence-corrected chi connectivity index (χ2v) is 4.84. The summed E-state index contributed by atoms with van der Waals surface area (Å²) in [6.07, 6.45) is -2.54. The van der Waals surface area contributed by atoms with Crippen molar-refractivity contribution in [3.63, 3.8) is 0 Å². The van der Waals surface area contributed by atoms with Crippen molar-refractivity contribution >= 4 is 24.8 Å². The molecular weight excluding hydrogens is 353 g/mol. The molecule has 0 spiro atoms. The van der Waals surface area contributed by atoms with Crippen LogP contribution in [0.3, 0.4) is 0 Å². The van der Waals surface area contributed by atoms with Gasteiger partial charge in [0.05, 0.1) is 20.3 Å². The Hall–Kier alpha value is -1.02. The Bertz CT molecular complexity index is 464. The van der Waals surface area contributed by atoms with Crippen molar-refractivity contribution < 1.29 is 23.4 Å². The largest absolute Gasteiger partial charge is 0.502 e. The molecule has 9 heteroatoms. The molecule has 23 heavy (non-hydrogen) atoms. The Morgan fingerprint density at radius 2 is 1.57 bits per heavy atom. The average Bonchev–Trinajstić information content (AvgIpc) is 2.49. The highest BCUT2D eigenvalue weighted by molar-refractivity contribution is 5.85. The number of phenols is 1. The van der Waals surface area contributed by atoms with Crippen LogP contribution in [0.15, 0.2) is 12.1 Å². The van der Waals surface area contributed by atoms with Crippen LogP contribution in [-0.2, 0) is 0 Å². The number of nitrogens with one attached hydrogen (secondary N) is 1. The lowest BCUT2D eigenvalue weighted by atomic mass is 10.0. The Morgan fingerprint density at radius 1 is 1.09 bits per heavy atom. The molecule has 1 aromatic carbocycles. The molecule has 0 aromatic heterocycles. The van der Waals surface area contributed by atoms with Crippen LogP contribution in [0.25, 0.3) is 0 Å². The van der Waals surface area contributed by atoms with Gasteiger partial charge in [-0.3, -0.25) is 4.90 Å². The molecular formula is C14H22Cl2F2N2O3. The second-order valence-electron chi connectivity index (χ2n) is 4.84. The lowest BCUT2D eigenvalue weighted by Gasteiger charge is -2.34. The summed E-state index contributed by atoms with van der Waals surface area (Å²) in [4.78, 5) is 1.73. The van der Waals surface area contributed by atoms with Crippen LogP contribution in [0.1, 0.15) is 11.6 Å². The van der Waals surface area contributed by atoms with Crippen molar-refractivity contribution in [2.75, 3.05) is 40.4 Å². The topological polar surface area (TPSA) is 54.0 Å². The van der Waals surface area contributed by atoms with E-state index in [2.05, 4.69) is 5.32 Å². The molecule has 1 heterocycles. The molecule has 0 bridgehead atoms. The third-order valence-electron chi connectivity index (χ3n) is 3.63. The fraction of sp³-hybridized carbons (Fsp3) is 0.571. The van der Waals surface area contributed by atoms with Crippen molar-refractivity contribution in [2.24, 2.45) is 0 Å². The molecule has 2 rings (SSSR count). The van der Waals surface area contributed by atoms with Crippen LogP contribution in [-0.4, -0.2) is 56.8 Å². The molecule has 1 aromatic rings. The van der Waals surface area contributed by atoms with Gasteiger partial charge in [-0.2, -0.15) is 0 Å². The number of piperazine rings is 1. The first kappa shape index (κ1) is 22.0. The number of nitrogens with zero attached hydrogens (tertiary/aromatic N) is 1. The van der Waals surface area contributed by atoms with Gasteiger partial charge < -0.3 is 19.9 Å². The number of aromatic hydroxyl groups is 1. The smallest absolute Gasteiger partial charge is 0.258 e. The van der Waals surface area contributed by atoms with E-state index in [9.17, 15) is 13.9 Å². The molecule has 5 nitrogen and oxygen atoms in total. The predicted molar refractivity (Wildman–Crippen MR) is 88.9 cm³/mol. The Kier molecular flexibility index (Phi) is 9.53. The fourth-order valence-electron chi connectivity index (χ4n) is 2.56. The van der Waals surface area contributed by atoms with Gasteiger partial charge in [-0.15, -0.1) is 24.8 Å². The van der Waals surface area contributed by atoms with E-state index in [-0.39, 0.29) is 42.1 Å². The van der Waals surface area contributed by atoms with Gasteiger partial charge in [-0.05, 0) is 17.7 Å². The summed E-state index contributed by atoms with van der Waals surface area (Å²) in [5.74, 6) is 0.0762. The average molecular weight is 375 g/mol. The summed E-state index contributed by atoms with van der Waals surface area (Å²) in [7, 11) is 2.75. The van der Waals surface area contributed by atoms with E-state index in [1.165, 1.54) is 26.4 Å². The first-order valence-corrected chi connectivity index (χ1v) is 6.76. The number of phenolic OH excluding ortho intramolecular Hbond substituents is 1. The number of benzene rings is 1. The van der Waals surface area contributed by atoms with E-state index >= 15 is 0 Å². The van der Waals surface area contributed by atoms with Crippen LogP contribution in [0.5, 0.6) is 17.2 Å². The zero-order valence-corrected chi connectivity index (χ0v) is 14.6. The maximum absolute atomic E-state index is 13.5. The third-order valence-corrected chi connectivity index (χ3v) is 3.63. The normalized spacial score (nSPS) is 16.2. The molecule has 0 saturated carbocycles. The van der Waals surface area contributed by atoms with Crippen LogP contribution < -0.4 is 14.8 Å². The van der Waals surface area contributed by atoms with E-state index in [0.717, 1.165) is 0 Å². The highest BCUT2D eigenvalue weighted by Crippen LogP contribution is 2.41. The maximum atomic E-state index is 13.5. The summed E-state index contributed by atoms with van der Waals surface area (Å²) >= 11 is 0. The monoisotopic (exact) mass is 374 g/mol. The Balaban J connectivity index is 0.00000242. The van der Waals surface area contributed by atoms with Gasteiger partial charge in [0, 0.05) is 26.2 Å². The van der Waals surface area contributed by atoms with Crippen molar-refractivity contribution in [3.05, 3.63) is 17.7 Å². The van der Waals surface area contributed by atoms with Crippen LogP contribution in [0, 0.1) is 0 Å². The number of ether oxygens (including phenoxy) is 2. The van der Waals surface area contributed by atoms with E-state index in [0.29, 0.717) is 31.7 Å². The number of alkyl halides is 2. The fourth-order valence-corrected chi connectivity index (χ4v) is 2.56. The SMILES string of the molecule is COc1cc([C@@H](C(F)F)N2CCNCC2)cc(OC)c1O.Cl.Cl. The molecule has 1 saturated heterocycles. The molecule has 134 valence electrons. The quantitative estimate of drug-likeness (QED) is 0.828. The molecule has 2 N–H and O–H groups in total. The van der Waals surface area contributed by atoms with E-state index < -0.39 is 12.5 Å². The number of halogens is 4. The van der Waals surface area contributed by atoms with Crippen LogP contribution in [0.4, 0.5) is 8.78 Å². The minimum absolute atomic E-state index is 0. The van der Waals surface area contributed by atoms with Gasteiger partial charge in [0.1, 0.15) is 0 Å². The minimum Gasteiger partial charge on any atom is -0.502 e. The number of hydrogen-bond donors (Lipinski definition) is 2. The predicted octanol–water partition coefficient (Wildman–Crippen LogP) is 2.46. The second kappa shape index (κ2) is 9.97. The van der Waals surface area contributed by atoms with Gasteiger partial charge in [-0.1, -0.05) is 0 Å². The van der Waals surface area contributed by atoms with E-state index in [1.807, 2.05) is 0 Å². The lowest BCUT2D eigenvalue weighted by Crippen LogP contribution is -2.46. The zero-order chi connectivity index (χ0) is 15.4.